The van der Waals surface area contributed by atoms with Crippen molar-refractivity contribution in [2.75, 3.05) is 12.4 Å². The third-order valence-electron chi connectivity index (χ3n) is 4.62. The molecule has 150 valence electrons. The molecular formula is C23H23NO4S. The van der Waals surface area contributed by atoms with Crippen LogP contribution in [-0.4, -0.2) is 28.4 Å². The van der Waals surface area contributed by atoms with Crippen molar-refractivity contribution < 1.29 is 18.5 Å². The number of carbonyl (C=O) groups excluding carboxylic acids is 2. The van der Waals surface area contributed by atoms with Crippen LogP contribution in [0.1, 0.15) is 35.8 Å². The van der Waals surface area contributed by atoms with Crippen molar-refractivity contribution in [1.29, 1.82) is 0 Å². The number of rotatable bonds is 7. The topological polar surface area (TPSA) is 72.5 Å². The Labute approximate surface area is 172 Å². The van der Waals surface area contributed by atoms with Gasteiger partial charge in [-0.1, -0.05) is 61.5 Å². The van der Waals surface area contributed by atoms with Gasteiger partial charge >= 0.3 is 5.97 Å². The Hall–Kier alpha value is -2.99. The van der Waals surface area contributed by atoms with Gasteiger partial charge in [0.1, 0.15) is 0 Å². The molecule has 0 aliphatic rings. The number of fused-ring (bicyclic) bond motifs is 1. The van der Waals surface area contributed by atoms with Gasteiger partial charge < -0.3 is 10.1 Å². The molecule has 1 amide bonds. The quantitative estimate of drug-likeness (QED) is 0.599. The Morgan fingerprint density at radius 1 is 1.00 bits per heavy atom. The second kappa shape index (κ2) is 9.47. The second-order valence-corrected chi connectivity index (χ2v) is 8.27. The summed E-state index contributed by atoms with van der Waals surface area (Å²) < 4.78 is 17.3. The molecule has 0 heterocycles. The number of ether oxygens (including phenoxy) is 1. The fourth-order valence-electron chi connectivity index (χ4n) is 3.19. The van der Waals surface area contributed by atoms with E-state index in [1.807, 2.05) is 49.4 Å². The molecule has 0 aromatic heterocycles. The van der Waals surface area contributed by atoms with Crippen LogP contribution >= 0.6 is 0 Å². The van der Waals surface area contributed by atoms with Crippen LogP contribution in [0.5, 0.6) is 0 Å². The number of benzene rings is 3. The first-order chi connectivity index (χ1) is 14.0. The van der Waals surface area contributed by atoms with E-state index in [4.69, 9.17) is 4.74 Å². The minimum Gasteiger partial charge on any atom is -0.452 e. The second-order valence-electron chi connectivity index (χ2n) is 6.56. The molecule has 3 rings (SSSR count). The summed E-state index contributed by atoms with van der Waals surface area (Å²) in [6, 6.07) is 20.2. The molecule has 0 fully saturated rings. The maximum atomic E-state index is 12.4. The van der Waals surface area contributed by atoms with Crippen LogP contribution in [-0.2, 0) is 20.3 Å². The van der Waals surface area contributed by atoms with E-state index >= 15 is 0 Å². The number of nitrogens with one attached hydrogen (secondary N) is 1. The molecule has 0 radical (unpaired) electrons. The van der Waals surface area contributed by atoms with Crippen molar-refractivity contribution in [2.45, 2.75) is 24.8 Å². The summed E-state index contributed by atoms with van der Waals surface area (Å²) in [6.45, 7) is 3.27. The highest BCUT2D eigenvalue weighted by atomic mass is 32.2. The third kappa shape index (κ3) is 4.90. The maximum Gasteiger partial charge on any atom is 0.339 e. The van der Waals surface area contributed by atoms with Gasteiger partial charge in [0, 0.05) is 5.75 Å². The molecule has 0 saturated carbocycles. The van der Waals surface area contributed by atoms with E-state index in [2.05, 4.69) is 5.32 Å². The lowest BCUT2D eigenvalue weighted by atomic mass is 10.00. The lowest BCUT2D eigenvalue weighted by molar-refractivity contribution is -0.124. The molecule has 29 heavy (non-hydrogen) atoms. The normalized spacial score (nSPS) is 12.9. The largest absolute Gasteiger partial charge is 0.452 e. The van der Waals surface area contributed by atoms with E-state index in [0.29, 0.717) is 10.6 Å². The van der Waals surface area contributed by atoms with Crippen molar-refractivity contribution in [2.24, 2.45) is 0 Å². The van der Waals surface area contributed by atoms with E-state index in [1.165, 1.54) is 0 Å². The molecule has 0 bridgehead atoms. The van der Waals surface area contributed by atoms with Gasteiger partial charge in [0.05, 0.1) is 27.3 Å². The first kappa shape index (κ1) is 20.7. The average Bonchev–Trinajstić information content (AvgIpc) is 2.76. The lowest BCUT2D eigenvalue weighted by Gasteiger charge is -2.17. The summed E-state index contributed by atoms with van der Waals surface area (Å²) in [5, 5.41) is 5.03. The van der Waals surface area contributed by atoms with Gasteiger partial charge in [-0.15, -0.1) is 0 Å². The summed E-state index contributed by atoms with van der Waals surface area (Å²) in [5.41, 5.74) is 1.22. The highest BCUT2D eigenvalue weighted by molar-refractivity contribution is 7.85. The molecular weight excluding hydrogens is 386 g/mol. The zero-order valence-electron chi connectivity index (χ0n) is 16.4. The van der Waals surface area contributed by atoms with E-state index < -0.39 is 29.3 Å². The Balaban J connectivity index is 1.64. The molecule has 0 spiro atoms. The minimum atomic E-state index is -1.29. The number of amides is 1. The van der Waals surface area contributed by atoms with Gasteiger partial charge in [-0.2, -0.15) is 0 Å². The number of carbonyl (C=O) groups is 2. The minimum absolute atomic E-state index is 0.225. The van der Waals surface area contributed by atoms with Crippen LogP contribution in [0.3, 0.4) is 0 Å². The average molecular weight is 410 g/mol. The van der Waals surface area contributed by atoms with E-state index in [1.54, 1.807) is 31.2 Å². The fourth-order valence-corrected chi connectivity index (χ4v) is 4.13. The van der Waals surface area contributed by atoms with Gasteiger partial charge in [0.25, 0.3) is 5.91 Å². The monoisotopic (exact) mass is 409 g/mol. The molecule has 2 atom stereocenters. The van der Waals surface area contributed by atoms with E-state index in [-0.39, 0.29) is 11.6 Å². The molecule has 3 aromatic rings. The van der Waals surface area contributed by atoms with Gasteiger partial charge in [0.15, 0.2) is 6.61 Å². The summed E-state index contributed by atoms with van der Waals surface area (Å²) in [5.74, 6) is -0.656. The van der Waals surface area contributed by atoms with Crippen LogP contribution in [0.4, 0.5) is 0 Å². The molecule has 1 N–H and O–H groups in total. The Bertz CT molecular complexity index is 1060. The number of hydrogen-bond acceptors (Lipinski definition) is 4. The summed E-state index contributed by atoms with van der Waals surface area (Å²) in [6.07, 6.45) is 0. The Morgan fingerprint density at radius 3 is 2.48 bits per heavy atom. The smallest absolute Gasteiger partial charge is 0.339 e. The van der Waals surface area contributed by atoms with Crippen LogP contribution in [0, 0.1) is 0 Å². The van der Waals surface area contributed by atoms with Gasteiger partial charge in [-0.25, -0.2) is 4.79 Å². The van der Waals surface area contributed by atoms with E-state index in [9.17, 15) is 13.8 Å². The van der Waals surface area contributed by atoms with Crippen molar-refractivity contribution >= 4 is 33.4 Å². The summed E-state index contributed by atoms with van der Waals surface area (Å²) in [7, 11) is -1.29. The Morgan fingerprint density at radius 2 is 1.69 bits per heavy atom. The highest BCUT2D eigenvalue weighted by Gasteiger charge is 2.18. The van der Waals surface area contributed by atoms with Crippen molar-refractivity contribution in [3.63, 3.8) is 0 Å². The molecule has 5 nitrogen and oxygen atoms in total. The first-order valence-corrected chi connectivity index (χ1v) is 10.7. The van der Waals surface area contributed by atoms with Crippen molar-refractivity contribution in [1.82, 2.24) is 5.32 Å². The predicted molar refractivity (Wildman–Crippen MR) is 114 cm³/mol. The van der Waals surface area contributed by atoms with Crippen LogP contribution in [0.25, 0.3) is 10.8 Å². The number of hydrogen-bond donors (Lipinski definition) is 1. The molecule has 3 aromatic carbocycles. The SMILES string of the molecule is CC[S@](=O)c1ccccc1C(=O)OCC(=O)N[C@@H](C)c1cccc2ccccc12. The molecule has 0 aliphatic carbocycles. The predicted octanol–water partition coefficient (Wildman–Crippen LogP) is 4.00. The highest BCUT2D eigenvalue weighted by Crippen LogP contribution is 2.24. The van der Waals surface area contributed by atoms with Crippen molar-refractivity contribution in [3.05, 3.63) is 77.9 Å². The molecule has 0 aliphatic heterocycles. The first-order valence-electron chi connectivity index (χ1n) is 9.42. The van der Waals surface area contributed by atoms with Crippen LogP contribution in [0.15, 0.2) is 71.6 Å². The van der Waals surface area contributed by atoms with E-state index in [0.717, 1.165) is 16.3 Å². The Kier molecular flexibility index (Phi) is 6.77. The summed E-state index contributed by atoms with van der Waals surface area (Å²) in [4.78, 5) is 25.1. The van der Waals surface area contributed by atoms with Gasteiger partial charge in [-0.05, 0) is 35.4 Å². The standard InChI is InChI=1S/C23H23NO4S/c1-3-29(27)21-14-7-6-12-20(21)23(26)28-15-22(25)24-16(2)18-13-8-10-17-9-4-5-11-19(17)18/h4-14,16H,3,15H2,1-2H3,(H,24,25)/t16-,29-/m0/s1. The van der Waals surface area contributed by atoms with Gasteiger partial charge in [0.2, 0.25) is 0 Å². The summed E-state index contributed by atoms with van der Waals surface area (Å²) >= 11 is 0. The molecule has 6 heteroatoms. The lowest BCUT2D eigenvalue weighted by Crippen LogP contribution is -2.31. The number of esters is 1. The van der Waals surface area contributed by atoms with Gasteiger partial charge in [-0.3, -0.25) is 9.00 Å². The zero-order valence-corrected chi connectivity index (χ0v) is 17.2. The third-order valence-corrected chi connectivity index (χ3v) is 5.99. The van der Waals surface area contributed by atoms with Crippen molar-refractivity contribution in [3.8, 4) is 0 Å². The molecule has 0 unspecified atom stereocenters. The van der Waals surface area contributed by atoms with Crippen LogP contribution in [0.2, 0.25) is 0 Å². The zero-order chi connectivity index (χ0) is 20.8. The maximum absolute atomic E-state index is 12.4. The van der Waals surface area contributed by atoms with Crippen LogP contribution < -0.4 is 5.32 Å². The fraction of sp³-hybridized carbons (Fsp3) is 0.217. The molecule has 0 saturated heterocycles.